The highest BCUT2D eigenvalue weighted by Crippen LogP contribution is 2.30. The monoisotopic (exact) mass is 219 g/mol. The van der Waals surface area contributed by atoms with Gasteiger partial charge in [-0.3, -0.25) is 0 Å². The summed E-state index contributed by atoms with van der Waals surface area (Å²) in [6.07, 6.45) is -4.49. The van der Waals surface area contributed by atoms with Gasteiger partial charge in [0.2, 0.25) is 0 Å². The summed E-state index contributed by atoms with van der Waals surface area (Å²) in [4.78, 5) is 10.6. The minimum Gasteiger partial charge on any atom is -0.478 e. The van der Waals surface area contributed by atoms with Gasteiger partial charge in [-0.25, -0.2) is 4.79 Å². The number of carboxylic acids is 1. The number of carboxylic acid groups (broad SMARTS) is 1. The molecule has 0 aliphatic heterocycles. The first kappa shape index (κ1) is 11.5. The average molecular weight is 219 g/mol. The third kappa shape index (κ3) is 2.47. The molecule has 15 heavy (non-hydrogen) atoms. The number of halogens is 3. The molecule has 0 fully saturated rings. The first-order chi connectivity index (χ1) is 6.86. The Morgan fingerprint density at radius 1 is 1.40 bits per heavy atom. The lowest BCUT2D eigenvalue weighted by Gasteiger charge is -2.09. The number of benzene rings is 1. The molecule has 0 aliphatic carbocycles. The van der Waals surface area contributed by atoms with Crippen molar-refractivity contribution in [3.8, 4) is 0 Å². The maximum Gasteiger partial charge on any atom is 0.416 e. The molecule has 0 bridgehead atoms. The van der Waals surface area contributed by atoms with E-state index in [1.165, 1.54) is 0 Å². The van der Waals surface area contributed by atoms with Gasteiger partial charge in [0.15, 0.2) is 0 Å². The molecule has 0 amide bonds. The predicted octanol–water partition coefficient (Wildman–Crippen LogP) is 1.86. The summed E-state index contributed by atoms with van der Waals surface area (Å²) in [5.74, 6) is -1.29. The lowest BCUT2D eigenvalue weighted by Crippen LogP contribution is -2.11. The highest BCUT2D eigenvalue weighted by atomic mass is 19.4. The lowest BCUT2D eigenvalue weighted by molar-refractivity contribution is -0.137. The van der Waals surface area contributed by atoms with E-state index < -0.39 is 17.7 Å². The van der Waals surface area contributed by atoms with Crippen molar-refractivity contribution in [3.63, 3.8) is 0 Å². The van der Waals surface area contributed by atoms with Gasteiger partial charge in [-0.2, -0.15) is 13.2 Å². The summed E-state index contributed by atoms with van der Waals surface area (Å²) in [5.41, 5.74) is 4.04. The number of carbonyl (C=O) groups is 1. The van der Waals surface area contributed by atoms with Gasteiger partial charge in [0.1, 0.15) is 0 Å². The molecule has 6 heteroatoms. The maximum absolute atomic E-state index is 12.2. The Morgan fingerprint density at radius 2 is 2.00 bits per heavy atom. The van der Waals surface area contributed by atoms with Gasteiger partial charge >= 0.3 is 12.1 Å². The van der Waals surface area contributed by atoms with Crippen molar-refractivity contribution < 1.29 is 23.1 Å². The molecule has 0 unspecified atom stereocenters. The van der Waals surface area contributed by atoms with Crippen LogP contribution in [0.1, 0.15) is 21.5 Å². The summed E-state index contributed by atoms with van der Waals surface area (Å²) in [7, 11) is 0. The van der Waals surface area contributed by atoms with E-state index in [9.17, 15) is 18.0 Å². The van der Waals surface area contributed by atoms with E-state index in [2.05, 4.69) is 0 Å². The molecule has 0 saturated heterocycles. The van der Waals surface area contributed by atoms with E-state index in [0.717, 1.165) is 18.2 Å². The number of hydrogen-bond donors (Lipinski definition) is 2. The molecule has 1 aromatic rings. The summed E-state index contributed by atoms with van der Waals surface area (Å²) in [6, 6.07) is 2.39. The average Bonchev–Trinajstić information content (AvgIpc) is 2.15. The van der Waals surface area contributed by atoms with Gasteiger partial charge in [0.25, 0.3) is 0 Å². The van der Waals surface area contributed by atoms with E-state index in [4.69, 9.17) is 10.8 Å². The fourth-order valence-corrected chi connectivity index (χ4v) is 1.15. The zero-order valence-corrected chi connectivity index (χ0v) is 7.51. The second-order valence-electron chi connectivity index (χ2n) is 2.88. The molecular weight excluding hydrogens is 211 g/mol. The first-order valence-electron chi connectivity index (χ1n) is 3.99. The van der Waals surface area contributed by atoms with Crippen LogP contribution in [0.25, 0.3) is 0 Å². The second kappa shape index (κ2) is 3.90. The smallest absolute Gasteiger partial charge is 0.416 e. The zero-order valence-electron chi connectivity index (χ0n) is 7.51. The quantitative estimate of drug-likeness (QED) is 0.797. The molecule has 0 saturated carbocycles. The van der Waals surface area contributed by atoms with Crippen molar-refractivity contribution in [1.82, 2.24) is 0 Å². The molecule has 3 N–H and O–H groups in total. The normalized spacial score (nSPS) is 11.5. The van der Waals surface area contributed by atoms with Crippen LogP contribution < -0.4 is 5.73 Å². The van der Waals surface area contributed by atoms with Crippen molar-refractivity contribution in [1.29, 1.82) is 0 Å². The summed E-state index contributed by atoms with van der Waals surface area (Å²) in [5, 5.41) is 8.65. The highest BCUT2D eigenvalue weighted by molar-refractivity contribution is 5.89. The molecule has 0 aliphatic rings. The largest absolute Gasteiger partial charge is 0.478 e. The predicted molar refractivity (Wildman–Crippen MR) is 46.3 cm³/mol. The Kier molecular flexibility index (Phi) is 2.99. The molecule has 0 atom stereocenters. The van der Waals surface area contributed by atoms with Crippen LogP contribution >= 0.6 is 0 Å². The second-order valence-corrected chi connectivity index (χ2v) is 2.88. The van der Waals surface area contributed by atoms with E-state index >= 15 is 0 Å². The van der Waals surface area contributed by atoms with Crippen molar-refractivity contribution in [2.24, 2.45) is 5.73 Å². The van der Waals surface area contributed by atoms with Gasteiger partial charge in [-0.05, 0) is 23.8 Å². The van der Waals surface area contributed by atoms with Crippen LogP contribution in [0.4, 0.5) is 13.2 Å². The number of nitrogens with two attached hydrogens (primary N) is 1. The fourth-order valence-electron chi connectivity index (χ4n) is 1.15. The number of rotatable bonds is 2. The molecule has 0 aromatic heterocycles. The number of alkyl halides is 3. The van der Waals surface area contributed by atoms with Gasteiger partial charge in [-0.15, -0.1) is 0 Å². The Morgan fingerprint density at radius 3 is 2.40 bits per heavy atom. The summed E-state index contributed by atoms with van der Waals surface area (Å²) >= 11 is 0. The van der Waals surface area contributed by atoms with Crippen molar-refractivity contribution in [3.05, 3.63) is 34.9 Å². The highest BCUT2D eigenvalue weighted by Gasteiger charge is 2.31. The minimum absolute atomic E-state index is 0.0303. The lowest BCUT2D eigenvalue weighted by atomic mass is 10.0. The molecule has 0 spiro atoms. The first-order valence-corrected chi connectivity index (χ1v) is 3.99. The molecule has 1 rings (SSSR count). The van der Waals surface area contributed by atoms with Gasteiger partial charge in [0, 0.05) is 6.54 Å². The third-order valence-electron chi connectivity index (χ3n) is 1.88. The fraction of sp³-hybridized carbons (Fsp3) is 0.222. The summed E-state index contributed by atoms with van der Waals surface area (Å²) in [6.45, 7) is -0.244. The standard InChI is InChI=1S/C9H8F3NO2/c10-9(11,12)6-1-2-7(8(14)15)5(3-6)4-13/h1-3H,4,13H2,(H,14,15). The van der Waals surface area contributed by atoms with E-state index in [0.29, 0.717) is 0 Å². The molecule has 3 nitrogen and oxygen atoms in total. The summed E-state index contributed by atoms with van der Waals surface area (Å²) < 4.78 is 36.7. The van der Waals surface area contributed by atoms with Gasteiger partial charge in [0.05, 0.1) is 11.1 Å². The van der Waals surface area contributed by atoms with Gasteiger partial charge in [-0.1, -0.05) is 0 Å². The third-order valence-corrected chi connectivity index (χ3v) is 1.88. The Balaban J connectivity index is 3.25. The molecule has 0 heterocycles. The van der Waals surface area contributed by atoms with E-state index in [1.807, 2.05) is 0 Å². The number of hydrogen-bond acceptors (Lipinski definition) is 2. The molecule has 0 radical (unpaired) electrons. The Labute approximate surface area is 83.3 Å². The van der Waals surface area contributed by atoms with Crippen molar-refractivity contribution >= 4 is 5.97 Å². The zero-order chi connectivity index (χ0) is 11.6. The molecular formula is C9H8F3NO2. The van der Waals surface area contributed by atoms with Crippen molar-refractivity contribution in [2.75, 3.05) is 0 Å². The van der Waals surface area contributed by atoms with Crippen LogP contribution in [-0.4, -0.2) is 11.1 Å². The maximum atomic E-state index is 12.2. The van der Waals surface area contributed by atoms with Crippen LogP contribution in [0.15, 0.2) is 18.2 Å². The van der Waals surface area contributed by atoms with E-state index in [1.54, 1.807) is 0 Å². The van der Waals surface area contributed by atoms with Crippen LogP contribution in [0, 0.1) is 0 Å². The van der Waals surface area contributed by atoms with Crippen LogP contribution in [-0.2, 0) is 12.7 Å². The van der Waals surface area contributed by atoms with Crippen LogP contribution in [0.2, 0.25) is 0 Å². The minimum atomic E-state index is -4.49. The van der Waals surface area contributed by atoms with E-state index in [-0.39, 0.29) is 17.7 Å². The molecule has 1 aromatic carbocycles. The Bertz CT molecular complexity index is 387. The number of aromatic carboxylic acids is 1. The Hall–Kier alpha value is -1.56. The van der Waals surface area contributed by atoms with Crippen LogP contribution in [0.5, 0.6) is 0 Å². The topological polar surface area (TPSA) is 63.3 Å². The molecule has 82 valence electrons. The van der Waals surface area contributed by atoms with Gasteiger partial charge < -0.3 is 10.8 Å². The van der Waals surface area contributed by atoms with Crippen molar-refractivity contribution in [2.45, 2.75) is 12.7 Å². The SMILES string of the molecule is NCc1cc(C(F)(F)F)ccc1C(=O)O. The van der Waals surface area contributed by atoms with Crippen LogP contribution in [0.3, 0.4) is 0 Å².